The van der Waals surface area contributed by atoms with Crippen molar-refractivity contribution in [2.75, 3.05) is 45.8 Å². The van der Waals surface area contributed by atoms with Gasteiger partial charge in [0.2, 0.25) is 0 Å². The number of nitrogens with zero attached hydrogens (tertiary/aromatic N) is 3. The van der Waals surface area contributed by atoms with Crippen LogP contribution >= 0.6 is 11.3 Å². The molecule has 1 heterocycles. The topological polar surface area (TPSA) is 54.9 Å². The molecule has 0 aliphatic rings. The number of carbonyl (C=O) groups excluding carboxylic acids is 1. The van der Waals surface area contributed by atoms with E-state index in [0.29, 0.717) is 17.4 Å². The number of aryl methyl sites for hydroxylation is 1. The third-order valence-electron chi connectivity index (χ3n) is 4.27. The highest BCUT2D eigenvalue weighted by molar-refractivity contribution is 7.22. The van der Waals surface area contributed by atoms with Crippen LogP contribution in [0.5, 0.6) is 11.5 Å². The van der Waals surface area contributed by atoms with Gasteiger partial charge in [-0.2, -0.15) is 0 Å². The van der Waals surface area contributed by atoms with E-state index in [0.717, 1.165) is 28.1 Å². The molecule has 3 aromatic rings. The second kappa shape index (κ2) is 9.03. The molecule has 0 aliphatic carbocycles. The normalized spacial score (nSPS) is 11.0. The van der Waals surface area contributed by atoms with Gasteiger partial charge in [-0.05, 0) is 51.4 Å². The second-order valence-electron chi connectivity index (χ2n) is 6.78. The van der Waals surface area contributed by atoms with E-state index in [1.54, 1.807) is 12.0 Å². The highest BCUT2D eigenvalue weighted by Gasteiger charge is 2.20. The number of thiazole rings is 1. The van der Waals surface area contributed by atoms with Gasteiger partial charge < -0.3 is 14.4 Å². The van der Waals surface area contributed by atoms with Crippen molar-refractivity contribution in [3.8, 4) is 11.5 Å². The highest BCUT2D eigenvalue weighted by atomic mass is 32.1. The number of likely N-dealkylation sites (N-methyl/N-ethyl adjacent to an activating group) is 1. The smallest absolute Gasteiger partial charge is 0.266 e. The Kier molecular flexibility index (Phi) is 6.49. The fraction of sp³-hybridized carbons (Fsp3) is 0.333. The van der Waals surface area contributed by atoms with Crippen molar-refractivity contribution in [1.29, 1.82) is 0 Å². The number of carbonyl (C=O) groups is 1. The molecule has 2 aromatic carbocycles. The number of fused-ring (bicyclic) bond motifs is 1. The van der Waals surface area contributed by atoms with Crippen molar-refractivity contribution < 1.29 is 14.3 Å². The number of ether oxygens (including phenoxy) is 2. The first-order chi connectivity index (χ1) is 13.5. The van der Waals surface area contributed by atoms with E-state index in [-0.39, 0.29) is 12.5 Å². The van der Waals surface area contributed by atoms with Crippen LogP contribution in [0, 0.1) is 6.92 Å². The molecule has 0 spiro atoms. The molecule has 6 nitrogen and oxygen atoms in total. The van der Waals surface area contributed by atoms with E-state index in [1.165, 1.54) is 11.3 Å². The van der Waals surface area contributed by atoms with Crippen LogP contribution in [0.3, 0.4) is 0 Å². The summed E-state index contributed by atoms with van der Waals surface area (Å²) in [4.78, 5) is 21.3. The summed E-state index contributed by atoms with van der Waals surface area (Å²) >= 11 is 1.48. The van der Waals surface area contributed by atoms with E-state index < -0.39 is 0 Å². The second-order valence-corrected chi connectivity index (χ2v) is 7.79. The van der Waals surface area contributed by atoms with Crippen LogP contribution in [0.2, 0.25) is 0 Å². The summed E-state index contributed by atoms with van der Waals surface area (Å²) in [5, 5.41) is 0.669. The van der Waals surface area contributed by atoms with Gasteiger partial charge in [0.25, 0.3) is 5.91 Å². The lowest BCUT2D eigenvalue weighted by Crippen LogP contribution is -2.39. The Balaban J connectivity index is 1.79. The van der Waals surface area contributed by atoms with Gasteiger partial charge in [0, 0.05) is 13.1 Å². The largest absolute Gasteiger partial charge is 0.497 e. The van der Waals surface area contributed by atoms with Gasteiger partial charge in [0.1, 0.15) is 11.5 Å². The number of aromatic nitrogens is 1. The summed E-state index contributed by atoms with van der Waals surface area (Å²) in [6.07, 6.45) is 0. The predicted molar refractivity (Wildman–Crippen MR) is 114 cm³/mol. The zero-order valence-corrected chi connectivity index (χ0v) is 17.5. The third-order valence-corrected chi connectivity index (χ3v) is 5.31. The van der Waals surface area contributed by atoms with Crippen LogP contribution in [0.25, 0.3) is 10.2 Å². The van der Waals surface area contributed by atoms with Gasteiger partial charge in [-0.25, -0.2) is 4.98 Å². The monoisotopic (exact) mass is 399 g/mol. The summed E-state index contributed by atoms with van der Waals surface area (Å²) in [7, 11) is 5.60. The molecule has 7 heteroatoms. The number of methoxy groups -OCH3 is 1. The van der Waals surface area contributed by atoms with Gasteiger partial charge in [-0.1, -0.05) is 29.0 Å². The van der Waals surface area contributed by atoms with Crippen molar-refractivity contribution in [2.24, 2.45) is 0 Å². The molecular formula is C21H25N3O3S. The number of rotatable bonds is 8. The molecule has 1 amide bonds. The van der Waals surface area contributed by atoms with Gasteiger partial charge >= 0.3 is 0 Å². The maximum atomic E-state index is 12.9. The molecule has 3 rings (SSSR count). The quantitative estimate of drug-likeness (QED) is 0.579. The summed E-state index contributed by atoms with van der Waals surface area (Å²) < 4.78 is 12.0. The van der Waals surface area contributed by atoms with Crippen molar-refractivity contribution in [2.45, 2.75) is 6.92 Å². The summed E-state index contributed by atoms with van der Waals surface area (Å²) in [5.74, 6) is 1.34. The van der Waals surface area contributed by atoms with E-state index in [9.17, 15) is 4.79 Å². The van der Waals surface area contributed by atoms with Crippen LogP contribution in [0.15, 0.2) is 42.5 Å². The van der Waals surface area contributed by atoms with E-state index in [4.69, 9.17) is 9.47 Å². The molecular weight excluding hydrogens is 374 g/mol. The van der Waals surface area contributed by atoms with Gasteiger partial charge in [0.05, 0.1) is 17.3 Å². The van der Waals surface area contributed by atoms with Crippen molar-refractivity contribution >= 4 is 32.6 Å². The molecule has 148 valence electrons. The molecule has 0 bridgehead atoms. The lowest BCUT2D eigenvalue weighted by Gasteiger charge is -2.22. The van der Waals surface area contributed by atoms with Crippen molar-refractivity contribution in [3.05, 3.63) is 48.0 Å². The Morgan fingerprint density at radius 3 is 2.46 bits per heavy atom. The third kappa shape index (κ3) is 4.99. The lowest BCUT2D eigenvalue weighted by molar-refractivity contribution is -0.120. The minimum Gasteiger partial charge on any atom is -0.497 e. The van der Waals surface area contributed by atoms with E-state index >= 15 is 0 Å². The summed E-state index contributed by atoms with van der Waals surface area (Å²) in [6, 6.07) is 13.4. The van der Waals surface area contributed by atoms with Crippen LogP contribution in [0.1, 0.15) is 5.56 Å². The first-order valence-electron chi connectivity index (χ1n) is 9.05. The maximum absolute atomic E-state index is 12.9. The number of benzene rings is 2. The molecule has 0 N–H and O–H groups in total. The van der Waals surface area contributed by atoms with Gasteiger partial charge in [0.15, 0.2) is 11.7 Å². The SMILES string of the molecule is COc1ccc2nc(N(CCN(C)C)C(=O)COc3ccc(C)cc3)sc2c1. The molecule has 0 aliphatic heterocycles. The molecule has 0 saturated carbocycles. The van der Waals surface area contributed by atoms with Crippen molar-refractivity contribution in [3.63, 3.8) is 0 Å². The van der Waals surface area contributed by atoms with E-state index in [1.807, 2.05) is 68.4 Å². The Bertz CT molecular complexity index is 938. The Hall–Kier alpha value is -2.64. The Labute approximate surface area is 169 Å². The zero-order chi connectivity index (χ0) is 20.1. The summed E-state index contributed by atoms with van der Waals surface area (Å²) in [6.45, 7) is 3.26. The van der Waals surface area contributed by atoms with Gasteiger partial charge in [-0.15, -0.1) is 0 Å². The lowest BCUT2D eigenvalue weighted by atomic mass is 10.2. The average molecular weight is 400 g/mol. The first-order valence-corrected chi connectivity index (χ1v) is 9.87. The Morgan fingerprint density at radius 1 is 1.07 bits per heavy atom. The molecule has 28 heavy (non-hydrogen) atoms. The molecule has 1 aromatic heterocycles. The van der Waals surface area contributed by atoms with Gasteiger partial charge in [-0.3, -0.25) is 9.69 Å². The molecule has 0 saturated heterocycles. The minimum absolute atomic E-state index is 0.0320. The van der Waals surface area contributed by atoms with Crippen LogP contribution in [-0.2, 0) is 4.79 Å². The number of hydrogen-bond donors (Lipinski definition) is 0. The maximum Gasteiger partial charge on any atom is 0.266 e. The number of anilines is 1. The first kappa shape index (κ1) is 20.1. The minimum atomic E-state index is -0.117. The standard InChI is InChI=1S/C21H25N3O3S/c1-15-5-7-16(8-6-15)27-14-20(25)24(12-11-23(2)3)21-22-18-10-9-17(26-4)13-19(18)28-21/h5-10,13H,11-12,14H2,1-4H3. The van der Waals surface area contributed by atoms with Crippen LogP contribution < -0.4 is 14.4 Å². The Morgan fingerprint density at radius 2 is 1.79 bits per heavy atom. The van der Waals surface area contributed by atoms with Crippen LogP contribution in [-0.4, -0.2) is 56.7 Å². The molecule has 0 radical (unpaired) electrons. The van der Waals surface area contributed by atoms with Crippen molar-refractivity contribution in [1.82, 2.24) is 9.88 Å². The zero-order valence-electron chi connectivity index (χ0n) is 16.6. The molecule has 0 unspecified atom stereocenters. The molecule has 0 atom stereocenters. The summed E-state index contributed by atoms with van der Waals surface area (Å²) in [5.41, 5.74) is 2.00. The number of amides is 1. The number of hydrogen-bond acceptors (Lipinski definition) is 6. The van der Waals surface area contributed by atoms with Crippen LogP contribution in [0.4, 0.5) is 5.13 Å². The fourth-order valence-corrected chi connectivity index (χ4v) is 3.66. The fourth-order valence-electron chi connectivity index (χ4n) is 2.62. The average Bonchev–Trinajstić information content (AvgIpc) is 3.10. The molecule has 0 fully saturated rings. The highest BCUT2D eigenvalue weighted by Crippen LogP contribution is 2.31. The van der Waals surface area contributed by atoms with E-state index in [2.05, 4.69) is 4.98 Å². The predicted octanol–water partition coefficient (Wildman–Crippen LogP) is 3.59.